The second-order valence-electron chi connectivity index (χ2n) is 20.3. The molecule has 73 heavy (non-hydrogen) atoms. The molecule has 13 aromatic rings. The van der Waals surface area contributed by atoms with Crippen LogP contribution in [0, 0.1) is 0 Å². The van der Waals surface area contributed by atoms with E-state index in [0.717, 1.165) is 0 Å². The maximum atomic E-state index is 2.49. The van der Waals surface area contributed by atoms with Gasteiger partial charge in [-0.3, -0.25) is 0 Å². The Kier molecular flexibility index (Phi) is 9.98. The summed E-state index contributed by atoms with van der Waals surface area (Å²) in [6.07, 6.45) is 0. The van der Waals surface area contributed by atoms with Gasteiger partial charge in [0.25, 0.3) is 0 Å². The highest BCUT2D eigenvalue weighted by Gasteiger charge is 2.36. The Morgan fingerprint density at radius 3 is 0.836 bits per heavy atom. The SMILES string of the molecule is CC1(C)c2cc(-c3ccc(-c4c5ccccc5c(-c5cccc(-c6ccccc6)c5)c5ccccc45)cc3)ccc2-c2ccc(-c3c4ccccc4c(-c4cccc(-c5ccccc5)c4)c4ccccc34)cc21. The molecule has 342 valence electrons. The number of fused-ring (bicyclic) bond motifs is 7. The largest absolute Gasteiger partial charge is 0.0622 e. The maximum Gasteiger partial charge on any atom is 0.0159 e. The monoisotopic (exact) mass is 926 g/mol. The average molecular weight is 927 g/mol. The van der Waals surface area contributed by atoms with Crippen molar-refractivity contribution in [3.8, 4) is 89.0 Å². The van der Waals surface area contributed by atoms with Crippen LogP contribution in [0.5, 0.6) is 0 Å². The highest BCUT2D eigenvalue weighted by molar-refractivity contribution is 6.23. The molecule has 1 aliphatic carbocycles. The first kappa shape index (κ1) is 42.8. The fourth-order valence-electron chi connectivity index (χ4n) is 12.4. The topological polar surface area (TPSA) is 0 Å². The van der Waals surface area contributed by atoms with Gasteiger partial charge in [0.1, 0.15) is 0 Å². The second kappa shape index (κ2) is 17.0. The van der Waals surface area contributed by atoms with Crippen LogP contribution >= 0.6 is 0 Å². The summed E-state index contributed by atoms with van der Waals surface area (Å²) in [6, 6.07) is 99.1. The van der Waals surface area contributed by atoms with Gasteiger partial charge in [-0.2, -0.15) is 0 Å². The molecule has 0 N–H and O–H groups in total. The minimum absolute atomic E-state index is 0.208. The van der Waals surface area contributed by atoms with Crippen molar-refractivity contribution in [1.82, 2.24) is 0 Å². The molecule has 0 heterocycles. The van der Waals surface area contributed by atoms with Gasteiger partial charge < -0.3 is 0 Å². The van der Waals surface area contributed by atoms with Crippen molar-refractivity contribution in [2.45, 2.75) is 19.3 Å². The normalized spacial score (nSPS) is 12.6. The third-order valence-corrected chi connectivity index (χ3v) is 15.9. The maximum absolute atomic E-state index is 2.49. The van der Waals surface area contributed by atoms with E-state index in [1.165, 1.54) is 143 Å². The van der Waals surface area contributed by atoms with Crippen LogP contribution in [-0.4, -0.2) is 0 Å². The van der Waals surface area contributed by atoms with E-state index in [2.05, 4.69) is 281 Å². The van der Waals surface area contributed by atoms with Crippen LogP contribution in [0.4, 0.5) is 0 Å². The van der Waals surface area contributed by atoms with E-state index in [4.69, 9.17) is 0 Å². The summed E-state index contributed by atoms with van der Waals surface area (Å²) in [4.78, 5) is 0. The fourth-order valence-corrected chi connectivity index (χ4v) is 12.4. The number of rotatable bonds is 7. The summed E-state index contributed by atoms with van der Waals surface area (Å²) >= 11 is 0. The summed E-state index contributed by atoms with van der Waals surface area (Å²) in [5.74, 6) is 0. The third-order valence-electron chi connectivity index (χ3n) is 15.9. The van der Waals surface area contributed by atoms with Gasteiger partial charge >= 0.3 is 0 Å². The zero-order valence-corrected chi connectivity index (χ0v) is 40.9. The second-order valence-corrected chi connectivity index (χ2v) is 20.3. The van der Waals surface area contributed by atoms with Gasteiger partial charge in [0, 0.05) is 5.41 Å². The average Bonchev–Trinajstić information content (AvgIpc) is 3.68. The Morgan fingerprint density at radius 2 is 0.438 bits per heavy atom. The molecule has 0 unspecified atom stereocenters. The van der Waals surface area contributed by atoms with Gasteiger partial charge in [-0.15, -0.1) is 0 Å². The molecule has 0 amide bonds. The molecule has 13 aromatic carbocycles. The zero-order chi connectivity index (χ0) is 48.6. The molecule has 0 aromatic heterocycles. The van der Waals surface area contributed by atoms with E-state index >= 15 is 0 Å². The van der Waals surface area contributed by atoms with E-state index < -0.39 is 0 Å². The highest BCUT2D eigenvalue weighted by atomic mass is 14.4. The Morgan fingerprint density at radius 1 is 0.192 bits per heavy atom. The van der Waals surface area contributed by atoms with Crippen LogP contribution in [0.1, 0.15) is 25.0 Å². The van der Waals surface area contributed by atoms with Crippen molar-refractivity contribution in [1.29, 1.82) is 0 Å². The van der Waals surface area contributed by atoms with Crippen LogP contribution in [0.2, 0.25) is 0 Å². The number of hydrogen-bond donors (Lipinski definition) is 0. The lowest BCUT2D eigenvalue weighted by Crippen LogP contribution is -2.15. The molecule has 0 heteroatoms. The molecule has 0 fully saturated rings. The van der Waals surface area contributed by atoms with Gasteiger partial charge in [-0.25, -0.2) is 0 Å². The first-order valence-corrected chi connectivity index (χ1v) is 25.6. The lowest BCUT2D eigenvalue weighted by Gasteiger charge is -2.23. The summed E-state index contributed by atoms with van der Waals surface area (Å²) in [7, 11) is 0. The molecule has 0 spiro atoms. The summed E-state index contributed by atoms with van der Waals surface area (Å²) in [6.45, 7) is 4.82. The molecule has 0 aliphatic heterocycles. The lowest BCUT2D eigenvalue weighted by atomic mass is 9.80. The smallest absolute Gasteiger partial charge is 0.0159 e. The Balaban J connectivity index is 0.831. The molecule has 0 nitrogen and oxygen atoms in total. The van der Waals surface area contributed by atoms with Gasteiger partial charge in [0.05, 0.1) is 0 Å². The molecule has 0 radical (unpaired) electrons. The van der Waals surface area contributed by atoms with Crippen molar-refractivity contribution in [2.75, 3.05) is 0 Å². The van der Waals surface area contributed by atoms with E-state index in [1.54, 1.807) is 0 Å². The van der Waals surface area contributed by atoms with Crippen LogP contribution in [-0.2, 0) is 5.41 Å². The molecule has 14 rings (SSSR count). The molecule has 0 saturated carbocycles. The van der Waals surface area contributed by atoms with Crippen molar-refractivity contribution < 1.29 is 0 Å². The standard InChI is InChI=1S/C73H50/c1-73(2)67-45-53(49-35-37-50(38-36-49)69-59-27-9-11-29-61(59)70(62-30-12-10-28-60(62)69)54-25-17-23-51(43-54)47-19-5-3-6-20-47)39-41-57(67)58-42-40-56(46-68(58)73)72-65-33-15-13-31-63(65)71(64-32-14-16-34-66(64)72)55-26-18-24-52(44-55)48-21-7-4-8-22-48/h3-46H,1-2H3. The predicted octanol–water partition coefficient (Wildman–Crippen LogP) is 20.3. The minimum Gasteiger partial charge on any atom is -0.0622 e. The fraction of sp³-hybridized carbons (Fsp3) is 0.0411. The van der Waals surface area contributed by atoms with Gasteiger partial charge in [-0.05, 0) is 167 Å². The molecule has 0 saturated heterocycles. The van der Waals surface area contributed by atoms with Gasteiger partial charge in [0.2, 0.25) is 0 Å². The van der Waals surface area contributed by atoms with Crippen LogP contribution in [0.25, 0.3) is 132 Å². The Bertz CT molecular complexity index is 4190. The number of hydrogen-bond acceptors (Lipinski definition) is 0. The molecular weight excluding hydrogens is 877 g/mol. The molecular formula is C73H50. The number of benzene rings is 13. The quantitative estimate of drug-likeness (QED) is 0.140. The van der Waals surface area contributed by atoms with E-state index in [0.29, 0.717) is 0 Å². The predicted molar refractivity (Wildman–Crippen MR) is 312 cm³/mol. The van der Waals surface area contributed by atoms with Crippen molar-refractivity contribution in [3.63, 3.8) is 0 Å². The van der Waals surface area contributed by atoms with Crippen LogP contribution in [0.15, 0.2) is 267 Å². The van der Waals surface area contributed by atoms with E-state index in [9.17, 15) is 0 Å². The first-order valence-electron chi connectivity index (χ1n) is 25.6. The third kappa shape index (κ3) is 6.97. The van der Waals surface area contributed by atoms with Crippen molar-refractivity contribution >= 4 is 43.1 Å². The summed E-state index contributed by atoms with van der Waals surface area (Å²) in [5.41, 5.74) is 22.6. The van der Waals surface area contributed by atoms with Crippen LogP contribution in [0.3, 0.4) is 0 Å². The van der Waals surface area contributed by atoms with Gasteiger partial charge in [-0.1, -0.05) is 257 Å². The van der Waals surface area contributed by atoms with E-state index in [1.807, 2.05) is 0 Å². The summed E-state index contributed by atoms with van der Waals surface area (Å²) in [5, 5.41) is 10.1. The molecule has 0 atom stereocenters. The Labute approximate surface area is 427 Å². The van der Waals surface area contributed by atoms with Crippen molar-refractivity contribution in [2.24, 2.45) is 0 Å². The van der Waals surface area contributed by atoms with Gasteiger partial charge in [0.15, 0.2) is 0 Å². The first-order chi connectivity index (χ1) is 36.0. The lowest BCUT2D eigenvalue weighted by molar-refractivity contribution is 0.661. The zero-order valence-electron chi connectivity index (χ0n) is 40.9. The summed E-state index contributed by atoms with van der Waals surface area (Å²) < 4.78 is 0. The van der Waals surface area contributed by atoms with E-state index in [-0.39, 0.29) is 5.41 Å². The van der Waals surface area contributed by atoms with Crippen LogP contribution < -0.4 is 0 Å². The highest BCUT2D eigenvalue weighted by Crippen LogP contribution is 2.53. The van der Waals surface area contributed by atoms with Crippen molar-refractivity contribution in [3.05, 3.63) is 278 Å². The molecule has 1 aliphatic rings. The minimum atomic E-state index is -0.208. The Hall–Kier alpha value is -9.10. The molecule has 0 bridgehead atoms.